The Hall–Kier alpha value is -3.93. The van der Waals surface area contributed by atoms with Crippen LogP contribution in [0.3, 0.4) is 0 Å². The van der Waals surface area contributed by atoms with E-state index >= 15 is 0 Å². The summed E-state index contributed by atoms with van der Waals surface area (Å²) in [5.41, 5.74) is 3.88. The number of carbonyl (C=O) groups is 1. The molecule has 0 fully saturated rings. The van der Waals surface area contributed by atoms with Crippen molar-refractivity contribution in [3.8, 4) is 28.6 Å². The van der Waals surface area contributed by atoms with Gasteiger partial charge in [0.05, 0.1) is 7.11 Å². The zero-order valence-corrected chi connectivity index (χ0v) is 16.0. The number of hydrogen-bond acceptors (Lipinski definition) is 5. The Morgan fingerprint density at radius 2 is 1.62 bits per heavy atom. The fraction of sp³-hybridized carbons (Fsp3) is 0.0870. The highest BCUT2D eigenvalue weighted by atomic mass is 16.5. The normalized spacial score (nSPS) is 10.6. The van der Waals surface area contributed by atoms with Gasteiger partial charge in [-0.15, -0.1) is 0 Å². The fourth-order valence-corrected chi connectivity index (χ4v) is 2.92. The minimum absolute atomic E-state index is 0.143. The molecule has 0 unspecified atom stereocenters. The van der Waals surface area contributed by atoms with Crippen LogP contribution in [0.2, 0.25) is 0 Å². The number of rotatable bonds is 5. The van der Waals surface area contributed by atoms with Gasteiger partial charge >= 0.3 is 0 Å². The van der Waals surface area contributed by atoms with Gasteiger partial charge < -0.3 is 14.6 Å². The molecular weight excluding hydrogens is 366 g/mol. The van der Waals surface area contributed by atoms with Gasteiger partial charge in [-0.1, -0.05) is 23.4 Å². The fourth-order valence-electron chi connectivity index (χ4n) is 2.92. The van der Waals surface area contributed by atoms with E-state index in [0.717, 1.165) is 22.4 Å². The quantitative estimate of drug-likeness (QED) is 0.525. The Balaban J connectivity index is 1.49. The van der Waals surface area contributed by atoms with E-state index in [2.05, 4.69) is 15.5 Å². The molecule has 1 amide bonds. The van der Waals surface area contributed by atoms with Crippen molar-refractivity contribution < 1.29 is 14.1 Å². The van der Waals surface area contributed by atoms with Crippen molar-refractivity contribution in [1.82, 2.24) is 10.1 Å². The molecule has 6 heteroatoms. The average molecular weight is 385 g/mol. The van der Waals surface area contributed by atoms with E-state index in [1.807, 2.05) is 73.7 Å². The van der Waals surface area contributed by atoms with Gasteiger partial charge in [-0.3, -0.25) is 4.79 Å². The van der Waals surface area contributed by atoms with Gasteiger partial charge in [-0.25, -0.2) is 0 Å². The van der Waals surface area contributed by atoms with E-state index in [4.69, 9.17) is 9.26 Å². The summed E-state index contributed by atoms with van der Waals surface area (Å²) in [6, 6.07) is 22.2. The second-order valence-electron chi connectivity index (χ2n) is 6.50. The standard InChI is InChI=1S/C23H19N3O3/c1-15-5-3-4-6-20(15)22(27)24-18-11-7-17(8-12-18)23-25-21(26-29-23)16-9-13-19(28-2)14-10-16/h3-14H,1-2H3,(H,24,27). The van der Waals surface area contributed by atoms with Crippen LogP contribution < -0.4 is 10.1 Å². The van der Waals surface area contributed by atoms with Gasteiger partial charge in [0.1, 0.15) is 5.75 Å². The number of hydrogen-bond donors (Lipinski definition) is 1. The van der Waals surface area contributed by atoms with Crippen molar-refractivity contribution >= 4 is 11.6 Å². The highest BCUT2D eigenvalue weighted by molar-refractivity contribution is 6.05. The van der Waals surface area contributed by atoms with Crippen LogP contribution in [0.5, 0.6) is 5.75 Å². The summed E-state index contributed by atoms with van der Waals surface area (Å²) in [5, 5.41) is 6.94. The largest absolute Gasteiger partial charge is 0.497 e. The number of benzene rings is 3. The molecule has 0 aliphatic rings. The van der Waals surface area contributed by atoms with Gasteiger partial charge in [-0.05, 0) is 67.1 Å². The number of nitrogens with one attached hydrogen (secondary N) is 1. The smallest absolute Gasteiger partial charge is 0.258 e. The first-order chi connectivity index (χ1) is 14.1. The SMILES string of the molecule is COc1ccc(-c2noc(-c3ccc(NC(=O)c4ccccc4C)cc3)n2)cc1. The summed E-state index contributed by atoms with van der Waals surface area (Å²) in [6.07, 6.45) is 0. The third-order valence-corrected chi connectivity index (χ3v) is 4.55. The lowest BCUT2D eigenvalue weighted by molar-refractivity contribution is 0.102. The van der Waals surface area contributed by atoms with E-state index in [0.29, 0.717) is 23.0 Å². The molecule has 4 rings (SSSR count). The van der Waals surface area contributed by atoms with Crippen molar-refractivity contribution in [3.05, 3.63) is 83.9 Å². The maximum Gasteiger partial charge on any atom is 0.258 e. The zero-order chi connectivity index (χ0) is 20.2. The van der Waals surface area contributed by atoms with Crippen molar-refractivity contribution in [1.29, 1.82) is 0 Å². The Bertz CT molecular complexity index is 1130. The first kappa shape index (κ1) is 18.4. The van der Waals surface area contributed by atoms with E-state index < -0.39 is 0 Å². The molecule has 3 aromatic carbocycles. The molecule has 1 N–H and O–H groups in total. The first-order valence-corrected chi connectivity index (χ1v) is 9.09. The Morgan fingerprint density at radius 3 is 2.31 bits per heavy atom. The lowest BCUT2D eigenvalue weighted by atomic mass is 10.1. The Kier molecular flexibility index (Phi) is 5.07. The summed E-state index contributed by atoms with van der Waals surface area (Å²) < 4.78 is 10.5. The van der Waals surface area contributed by atoms with Crippen molar-refractivity contribution in [3.63, 3.8) is 0 Å². The molecular formula is C23H19N3O3. The van der Waals surface area contributed by atoms with E-state index in [1.54, 1.807) is 13.2 Å². The predicted octanol–water partition coefficient (Wildman–Crippen LogP) is 4.97. The number of amides is 1. The van der Waals surface area contributed by atoms with Gasteiger partial charge in [0.25, 0.3) is 11.8 Å². The van der Waals surface area contributed by atoms with Crippen LogP contribution in [0.25, 0.3) is 22.8 Å². The molecule has 0 spiro atoms. The van der Waals surface area contributed by atoms with Crippen LogP contribution in [-0.4, -0.2) is 23.2 Å². The third kappa shape index (κ3) is 4.01. The highest BCUT2D eigenvalue weighted by Crippen LogP contribution is 2.25. The van der Waals surface area contributed by atoms with Crippen LogP contribution in [0.15, 0.2) is 77.3 Å². The lowest BCUT2D eigenvalue weighted by Gasteiger charge is -2.07. The summed E-state index contributed by atoms with van der Waals surface area (Å²) in [5.74, 6) is 1.53. The van der Waals surface area contributed by atoms with Crippen molar-refractivity contribution in [2.45, 2.75) is 6.92 Å². The van der Waals surface area contributed by atoms with Crippen LogP contribution in [0.1, 0.15) is 15.9 Å². The molecule has 1 heterocycles. The minimum Gasteiger partial charge on any atom is -0.497 e. The van der Waals surface area contributed by atoms with Crippen LogP contribution in [0, 0.1) is 6.92 Å². The van der Waals surface area contributed by atoms with Crippen LogP contribution in [-0.2, 0) is 0 Å². The number of methoxy groups -OCH3 is 1. The number of carbonyl (C=O) groups excluding carboxylic acids is 1. The molecule has 29 heavy (non-hydrogen) atoms. The monoisotopic (exact) mass is 385 g/mol. The zero-order valence-electron chi connectivity index (χ0n) is 16.0. The number of anilines is 1. The maximum atomic E-state index is 12.4. The number of aromatic nitrogens is 2. The Labute approximate surface area is 168 Å². The molecule has 0 radical (unpaired) electrons. The molecule has 0 aliphatic carbocycles. The summed E-state index contributed by atoms with van der Waals surface area (Å²) in [7, 11) is 1.62. The molecule has 0 aliphatic heterocycles. The van der Waals surface area contributed by atoms with Crippen LogP contribution >= 0.6 is 0 Å². The summed E-state index contributed by atoms with van der Waals surface area (Å²) >= 11 is 0. The molecule has 0 atom stereocenters. The second kappa shape index (κ2) is 7.98. The van der Waals surface area contributed by atoms with Gasteiger partial charge in [0.15, 0.2) is 0 Å². The van der Waals surface area contributed by atoms with Crippen LogP contribution in [0.4, 0.5) is 5.69 Å². The predicted molar refractivity (Wildman–Crippen MR) is 111 cm³/mol. The van der Waals surface area contributed by atoms with Crippen molar-refractivity contribution in [2.24, 2.45) is 0 Å². The molecule has 6 nitrogen and oxygen atoms in total. The number of nitrogens with zero attached hydrogens (tertiary/aromatic N) is 2. The average Bonchev–Trinajstić information content (AvgIpc) is 3.25. The van der Waals surface area contributed by atoms with E-state index in [1.165, 1.54) is 0 Å². The number of ether oxygens (including phenoxy) is 1. The molecule has 0 bridgehead atoms. The van der Waals surface area contributed by atoms with Gasteiger partial charge in [-0.2, -0.15) is 4.98 Å². The van der Waals surface area contributed by atoms with Crippen molar-refractivity contribution in [2.75, 3.05) is 12.4 Å². The molecule has 4 aromatic rings. The molecule has 144 valence electrons. The van der Waals surface area contributed by atoms with E-state index in [9.17, 15) is 4.79 Å². The minimum atomic E-state index is -0.143. The topological polar surface area (TPSA) is 77.3 Å². The second-order valence-corrected chi connectivity index (χ2v) is 6.50. The lowest BCUT2D eigenvalue weighted by Crippen LogP contribution is -2.13. The van der Waals surface area contributed by atoms with Gasteiger partial charge in [0.2, 0.25) is 5.82 Å². The summed E-state index contributed by atoms with van der Waals surface area (Å²) in [4.78, 5) is 16.9. The molecule has 1 aromatic heterocycles. The molecule has 0 saturated heterocycles. The molecule has 0 saturated carbocycles. The Morgan fingerprint density at radius 1 is 0.931 bits per heavy atom. The van der Waals surface area contributed by atoms with Gasteiger partial charge in [0, 0.05) is 22.4 Å². The number of aryl methyl sites for hydroxylation is 1. The van der Waals surface area contributed by atoms with E-state index in [-0.39, 0.29) is 5.91 Å². The summed E-state index contributed by atoms with van der Waals surface area (Å²) in [6.45, 7) is 1.91. The highest BCUT2D eigenvalue weighted by Gasteiger charge is 2.12. The third-order valence-electron chi connectivity index (χ3n) is 4.55. The maximum absolute atomic E-state index is 12.4. The first-order valence-electron chi connectivity index (χ1n) is 9.09.